The van der Waals surface area contributed by atoms with E-state index in [1.54, 1.807) is 16.9 Å². The van der Waals surface area contributed by atoms with E-state index in [0.29, 0.717) is 6.54 Å². The molecule has 1 N–H and O–H groups in total. The summed E-state index contributed by atoms with van der Waals surface area (Å²) in [6, 6.07) is 15.2. The molecule has 2 aromatic rings. The van der Waals surface area contributed by atoms with Gasteiger partial charge in [-0.2, -0.15) is 0 Å². The number of nitrogens with zero attached hydrogens (tertiary/aromatic N) is 2. The van der Waals surface area contributed by atoms with Crippen molar-refractivity contribution in [3.8, 4) is 17.6 Å². The quantitative estimate of drug-likeness (QED) is 0.790. The summed E-state index contributed by atoms with van der Waals surface area (Å²) in [4.78, 5) is 27.5. The van der Waals surface area contributed by atoms with Gasteiger partial charge >= 0.3 is 0 Å². The van der Waals surface area contributed by atoms with Gasteiger partial charge in [0.1, 0.15) is 5.75 Å². The summed E-state index contributed by atoms with van der Waals surface area (Å²) in [6.07, 6.45) is 0. The smallest absolute Gasteiger partial charge is 0.242 e. The Kier molecular flexibility index (Phi) is 5.47. The predicted octanol–water partition coefficient (Wildman–Crippen LogP) is 1.61. The highest BCUT2D eigenvalue weighted by Crippen LogP contribution is 2.42. The Labute approximate surface area is 176 Å². The van der Waals surface area contributed by atoms with Crippen LogP contribution in [0.3, 0.4) is 0 Å². The van der Waals surface area contributed by atoms with Crippen molar-refractivity contribution in [1.82, 2.24) is 9.80 Å². The molecule has 2 amide bonds. The third-order valence-corrected chi connectivity index (χ3v) is 5.91. The maximum absolute atomic E-state index is 12.4. The Morgan fingerprint density at radius 1 is 1.17 bits per heavy atom. The standard InChI is InChI=1S/C24H24N2O4/c1-16(28)25-13-21-24(22(15-27)26(21)23(29)14-25)19-10-8-17(9-11-19)6-7-18-4-3-5-20(12-18)30-2/h3-5,8-12,21-22,24,27H,13-15H2,1-2H3/t21-,22+,24+/m1/s1. The average Bonchev–Trinajstić information content (AvgIpc) is 2.74. The van der Waals surface area contributed by atoms with Crippen molar-refractivity contribution in [3.05, 3.63) is 65.2 Å². The monoisotopic (exact) mass is 404 g/mol. The van der Waals surface area contributed by atoms with Crippen LogP contribution >= 0.6 is 0 Å². The SMILES string of the molecule is COc1cccc(C#Cc2ccc([C@H]3[C@H]4CN(C(C)=O)CC(=O)N4[C@H]3CO)cc2)c1. The number of ether oxygens (including phenoxy) is 1. The third kappa shape index (κ3) is 3.64. The van der Waals surface area contributed by atoms with Crippen LogP contribution in [0.5, 0.6) is 5.75 Å². The van der Waals surface area contributed by atoms with E-state index in [1.807, 2.05) is 48.5 Å². The van der Waals surface area contributed by atoms with Gasteiger partial charge in [-0.3, -0.25) is 9.59 Å². The van der Waals surface area contributed by atoms with E-state index in [4.69, 9.17) is 4.74 Å². The minimum Gasteiger partial charge on any atom is -0.497 e. The highest BCUT2D eigenvalue weighted by molar-refractivity contribution is 5.87. The first-order valence-electron chi connectivity index (χ1n) is 9.95. The fraction of sp³-hybridized carbons (Fsp3) is 0.333. The first-order chi connectivity index (χ1) is 14.5. The summed E-state index contributed by atoms with van der Waals surface area (Å²) in [5.74, 6) is 6.86. The van der Waals surface area contributed by atoms with Crippen molar-refractivity contribution in [3.63, 3.8) is 0 Å². The number of methoxy groups -OCH3 is 1. The molecule has 0 spiro atoms. The van der Waals surface area contributed by atoms with E-state index in [2.05, 4.69) is 11.8 Å². The number of fused-ring (bicyclic) bond motifs is 1. The lowest BCUT2D eigenvalue weighted by Crippen LogP contribution is -2.73. The second-order valence-electron chi connectivity index (χ2n) is 7.65. The number of amides is 2. The van der Waals surface area contributed by atoms with Crippen molar-refractivity contribution in [2.24, 2.45) is 0 Å². The summed E-state index contributed by atoms with van der Waals surface area (Å²) in [5.41, 5.74) is 2.79. The van der Waals surface area contributed by atoms with Crippen molar-refractivity contribution >= 4 is 11.8 Å². The summed E-state index contributed by atoms with van der Waals surface area (Å²) in [6.45, 7) is 1.98. The second kappa shape index (κ2) is 8.21. The first-order valence-corrected chi connectivity index (χ1v) is 9.95. The van der Waals surface area contributed by atoms with Crippen molar-refractivity contribution in [1.29, 1.82) is 0 Å². The summed E-state index contributed by atoms with van der Waals surface area (Å²) < 4.78 is 5.22. The molecule has 0 aromatic heterocycles. The van der Waals surface area contributed by atoms with E-state index in [9.17, 15) is 14.7 Å². The predicted molar refractivity (Wildman–Crippen MR) is 112 cm³/mol. The van der Waals surface area contributed by atoms with Gasteiger partial charge in [-0.1, -0.05) is 30.0 Å². The van der Waals surface area contributed by atoms with Crippen molar-refractivity contribution < 1.29 is 19.4 Å². The maximum atomic E-state index is 12.4. The molecule has 2 saturated heterocycles. The van der Waals surface area contributed by atoms with Crippen LogP contribution in [0.25, 0.3) is 0 Å². The fourth-order valence-electron chi connectivity index (χ4n) is 4.37. The van der Waals surface area contributed by atoms with E-state index < -0.39 is 0 Å². The summed E-state index contributed by atoms with van der Waals surface area (Å²) in [5, 5.41) is 9.85. The van der Waals surface area contributed by atoms with E-state index >= 15 is 0 Å². The first kappa shape index (κ1) is 20.0. The van der Waals surface area contributed by atoms with Gasteiger partial charge in [-0.05, 0) is 35.9 Å². The van der Waals surface area contributed by atoms with Gasteiger partial charge in [0.15, 0.2) is 0 Å². The number of benzene rings is 2. The lowest BCUT2D eigenvalue weighted by atomic mass is 9.73. The number of hydrogen-bond donors (Lipinski definition) is 1. The molecule has 30 heavy (non-hydrogen) atoms. The van der Waals surface area contributed by atoms with Crippen LogP contribution < -0.4 is 4.74 Å². The highest BCUT2D eigenvalue weighted by atomic mass is 16.5. The molecule has 0 unspecified atom stereocenters. The van der Waals surface area contributed by atoms with Gasteiger partial charge < -0.3 is 19.6 Å². The molecule has 3 atom stereocenters. The molecule has 2 heterocycles. The van der Waals surface area contributed by atoms with Crippen molar-refractivity contribution in [2.45, 2.75) is 24.9 Å². The largest absolute Gasteiger partial charge is 0.497 e. The van der Waals surface area contributed by atoms with Crippen LogP contribution in [-0.2, 0) is 9.59 Å². The van der Waals surface area contributed by atoms with Gasteiger partial charge in [0.2, 0.25) is 11.8 Å². The highest BCUT2D eigenvalue weighted by Gasteiger charge is 2.54. The molecule has 0 radical (unpaired) electrons. The molecule has 2 aliphatic heterocycles. The van der Waals surface area contributed by atoms with Crippen LogP contribution in [0.15, 0.2) is 48.5 Å². The van der Waals surface area contributed by atoms with Gasteiger partial charge in [-0.15, -0.1) is 0 Å². The zero-order valence-electron chi connectivity index (χ0n) is 17.0. The Hall–Kier alpha value is -3.30. The molecule has 0 saturated carbocycles. The van der Waals surface area contributed by atoms with Gasteiger partial charge in [0.05, 0.1) is 32.3 Å². The Balaban J connectivity index is 1.53. The third-order valence-electron chi connectivity index (χ3n) is 5.91. The maximum Gasteiger partial charge on any atom is 0.242 e. The molecule has 0 bridgehead atoms. The minimum atomic E-state index is -0.245. The fourth-order valence-corrected chi connectivity index (χ4v) is 4.37. The Morgan fingerprint density at radius 2 is 1.90 bits per heavy atom. The van der Waals surface area contributed by atoms with Gasteiger partial charge in [0, 0.05) is 30.5 Å². The molecular weight excluding hydrogens is 380 g/mol. The van der Waals surface area contributed by atoms with Crippen LogP contribution in [0.2, 0.25) is 0 Å². The summed E-state index contributed by atoms with van der Waals surface area (Å²) >= 11 is 0. The number of hydrogen-bond acceptors (Lipinski definition) is 4. The molecule has 4 rings (SSSR count). The number of rotatable bonds is 3. The topological polar surface area (TPSA) is 70.1 Å². The number of carbonyl (C=O) groups is 2. The van der Waals surface area contributed by atoms with Gasteiger partial charge in [0.25, 0.3) is 0 Å². The van der Waals surface area contributed by atoms with Crippen molar-refractivity contribution in [2.75, 3.05) is 26.8 Å². The van der Waals surface area contributed by atoms with E-state index in [1.165, 1.54) is 6.92 Å². The van der Waals surface area contributed by atoms with E-state index in [-0.39, 0.29) is 43.0 Å². The molecule has 6 nitrogen and oxygen atoms in total. The molecular formula is C24H24N2O4. The molecule has 6 heteroatoms. The zero-order valence-corrected chi connectivity index (χ0v) is 17.0. The number of aliphatic hydroxyl groups excluding tert-OH is 1. The van der Waals surface area contributed by atoms with Crippen LogP contribution in [0, 0.1) is 11.8 Å². The second-order valence-corrected chi connectivity index (χ2v) is 7.65. The molecule has 2 aromatic carbocycles. The van der Waals surface area contributed by atoms with Crippen LogP contribution in [0.1, 0.15) is 29.5 Å². The lowest BCUT2D eigenvalue weighted by Gasteiger charge is -2.58. The Morgan fingerprint density at radius 3 is 2.57 bits per heavy atom. The minimum absolute atomic E-state index is 0.00138. The number of carbonyl (C=O) groups excluding carboxylic acids is 2. The van der Waals surface area contributed by atoms with Crippen LogP contribution in [0.4, 0.5) is 0 Å². The lowest BCUT2D eigenvalue weighted by molar-refractivity contribution is -0.166. The zero-order chi connectivity index (χ0) is 21.3. The van der Waals surface area contributed by atoms with Crippen LogP contribution in [-0.4, -0.2) is 65.6 Å². The average molecular weight is 404 g/mol. The van der Waals surface area contributed by atoms with E-state index in [0.717, 1.165) is 22.4 Å². The number of piperazine rings is 1. The Bertz CT molecular complexity index is 1020. The van der Waals surface area contributed by atoms with Gasteiger partial charge in [-0.25, -0.2) is 0 Å². The molecule has 2 fully saturated rings. The summed E-state index contributed by atoms with van der Waals surface area (Å²) in [7, 11) is 1.63. The normalized spacial score (nSPS) is 22.5. The molecule has 154 valence electrons. The molecule has 0 aliphatic carbocycles. The molecule has 2 aliphatic rings. The number of aliphatic hydroxyl groups is 1.